The molecule has 0 aliphatic heterocycles. The molecule has 0 saturated carbocycles. The molecule has 1 heterocycles. The molecule has 1 aromatic heterocycles. The molecule has 0 N–H and O–H groups in total. The van der Waals surface area contributed by atoms with E-state index in [9.17, 15) is 4.79 Å². The summed E-state index contributed by atoms with van der Waals surface area (Å²) >= 11 is 0. The normalized spacial score (nSPS) is 13.7. The Morgan fingerprint density at radius 1 is 1.20 bits per heavy atom. The Bertz CT molecular complexity index is 695. The van der Waals surface area contributed by atoms with Gasteiger partial charge in [0.15, 0.2) is 5.78 Å². The number of fused-ring (bicyclic) bond motifs is 1. The third-order valence-corrected chi connectivity index (χ3v) is 4.46. The topological polar surface area (TPSA) is 57.0 Å². The fourth-order valence-electron chi connectivity index (χ4n) is 3.10. The summed E-state index contributed by atoms with van der Waals surface area (Å²) in [5.41, 5.74) is 0.224. The predicted octanol–water partition coefficient (Wildman–Crippen LogP) is 4.63. The van der Waals surface area contributed by atoms with Crippen molar-refractivity contribution < 1.29 is 9.53 Å². The van der Waals surface area contributed by atoms with E-state index in [-0.39, 0.29) is 5.78 Å². The number of hydrogen-bond donors (Lipinski definition) is 0. The van der Waals surface area contributed by atoms with Gasteiger partial charge in [0.05, 0.1) is 5.52 Å². The van der Waals surface area contributed by atoms with Gasteiger partial charge in [0.2, 0.25) is 5.72 Å². The average Bonchev–Trinajstić information content (AvgIpc) is 3.07. The number of carbonyl (C=O) groups excluding carboxylic acids is 1. The molecule has 0 spiro atoms. The molecule has 5 nitrogen and oxygen atoms in total. The molecule has 0 saturated heterocycles. The SMILES string of the molecule is C=CC(OCC)(C(=O)CCCCCCCC)n1nnc2ccccc21. The van der Waals surface area contributed by atoms with Crippen LogP contribution in [-0.4, -0.2) is 27.4 Å². The van der Waals surface area contributed by atoms with Gasteiger partial charge in [-0.1, -0.05) is 63.0 Å². The number of Topliss-reactive ketones (excluding diaryl/α,β-unsaturated/α-hetero) is 1. The molecule has 1 unspecified atom stereocenters. The van der Waals surface area contributed by atoms with E-state index in [1.807, 2.05) is 31.2 Å². The Balaban J connectivity index is 2.17. The number of hydrogen-bond acceptors (Lipinski definition) is 4. The number of ketones is 1. The number of carbonyl (C=O) groups is 1. The first-order valence-electron chi connectivity index (χ1n) is 9.31. The van der Waals surface area contributed by atoms with Crippen molar-refractivity contribution in [1.29, 1.82) is 0 Å². The van der Waals surface area contributed by atoms with Gasteiger partial charge in [-0.25, -0.2) is 4.68 Å². The summed E-state index contributed by atoms with van der Waals surface area (Å²) in [6, 6.07) is 7.57. The molecular weight excluding hydrogens is 314 g/mol. The maximum atomic E-state index is 13.0. The number of rotatable bonds is 12. The maximum Gasteiger partial charge on any atom is 0.241 e. The molecule has 1 atom stereocenters. The highest BCUT2D eigenvalue weighted by molar-refractivity contribution is 5.89. The van der Waals surface area contributed by atoms with Gasteiger partial charge < -0.3 is 4.74 Å². The molecular formula is C20H29N3O2. The smallest absolute Gasteiger partial charge is 0.241 e. The first kappa shape index (κ1) is 19.3. The van der Waals surface area contributed by atoms with Gasteiger partial charge in [-0.3, -0.25) is 4.79 Å². The van der Waals surface area contributed by atoms with E-state index < -0.39 is 5.72 Å². The van der Waals surface area contributed by atoms with E-state index >= 15 is 0 Å². The van der Waals surface area contributed by atoms with Crippen LogP contribution < -0.4 is 0 Å². The summed E-state index contributed by atoms with van der Waals surface area (Å²) < 4.78 is 7.45. The Hall–Kier alpha value is -2.01. The predicted molar refractivity (Wildman–Crippen MR) is 100 cm³/mol. The van der Waals surface area contributed by atoms with Crippen LogP contribution in [0.3, 0.4) is 0 Å². The molecule has 2 rings (SSSR count). The molecule has 0 aliphatic carbocycles. The van der Waals surface area contributed by atoms with Gasteiger partial charge in [-0.2, -0.15) is 0 Å². The molecule has 25 heavy (non-hydrogen) atoms. The Morgan fingerprint density at radius 3 is 2.64 bits per heavy atom. The van der Waals surface area contributed by atoms with Crippen molar-refractivity contribution in [3.05, 3.63) is 36.9 Å². The van der Waals surface area contributed by atoms with Gasteiger partial charge in [-0.15, -0.1) is 5.10 Å². The van der Waals surface area contributed by atoms with Crippen molar-refractivity contribution in [3.63, 3.8) is 0 Å². The van der Waals surface area contributed by atoms with Crippen LogP contribution in [0.4, 0.5) is 0 Å². The van der Waals surface area contributed by atoms with E-state index in [0.717, 1.165) is 23.9 Å². The third-order valence-electron chi connectivity index (χ3n) is 4.46. The highest BCUT2D eigenvalue weighted by Crippen LogP contribution is 2.27. The number of unbranched alkanes of at least 4 members (excludes halogenated alkanes) is 5. The van der Waals surface area contributed by atoms with Crippen molar-refractivity contribution in [1.82, 2.24) is 15.0 Å². The molecule has 136 valence electrons. The fourth-order valence-corrected chi connectivity index (χ4v) is 3.10. The molecule has 1 aromatic carbocycles. The maximum absolute atomic E-state index is 13.0. The largest absolute Gasteiger partial charge is 0.344 e. The van der Waals surface area contributed by atoms with E-state index in [1.54, 1.807) is 10.8 Å². The quantitative estimate of drug-likeness (QED) is 0.416. The van der Waals surface area contributed by atoms with Crippen molar-refractivity contribution in [2.24, 2.45) is 0 Å². The van der Waals surface area contributed by atoms with E-state index in [1.165, 1.54) is 25.7 Å². The number of ether oxygens (including phenoxy) is 1. The summed E-state index contributed by atoms with van der Waals surface area (Å²) in [7, 11) is 0. The van der Waals surface area contributed by atoms with Crippen LogP contribution in [0, 0.1) is 0 Å². The molecule has 0 radical (unpaired) electrons. The average molecular weight is 343 g/mol. The van der Waals surface area contributed by atoms with Crippen LogP contribution in [0.15, 0.2) is 36.9 Å². The van der Waals surface area contributed by atoms with Crippen molar-refractivity contribution in [2.45, 2.75) is 64.5 Å². The first-order valence-corrected chi connectivity index (χ1v) is 9.31. The number of para-hydroxylation sites is 1. The van der Waals surface area contributed by atoms with Crippen molar-refractivity contribution in [2.75, 3.05) is 6.61 Å². The van der Waals surface area contributed by atoms with Gasteiger partial charge >= 0.3 is 0 Å². The minimum absolute atomic E-state index is 0.0181. The van der Waals surface area contributed by atoms with Gasteiger partial charge in [0.25, 0.3) is 0 Å². The lowest BCUT2D eigenvalue weighted by Crippen LogP contribution is -2.43. The van der Waals surface area contributed by atoms with Gasteiger partial charge in [0, 0.05) is 13.0 Å². The summed E-state index contributed by atoms with van der Waals surface area (Å²) in [6.45, 7) is 8.33. The fraction of sp³-hybridized carbons (Fsp3) is 0.550. The second kappa shape index (κ2) is 9.47. The van der Waals surface area contributed by atoms with Crippen LogP contribution in [0.25, 0.3) is 11.0 Å². The molecule has 0 aliphatic rings. The van der Waals surface area contributed by atoms with Crippen LogP contribution in [0.5, 0.6) is 0 Å². The standard InChI is InChI=1S/C20H29N3O2/c1-4-7-8-9-10-11-16-19(24)20(5-2,25-6-3)23-18-15-13-12-14-17(18)21-22-23/h5,12-15H,2,4,6-11,16H2,1,3H3. The highest BCUT2D eigenvalue weighted by atomic mass is 16.5. The second-order valence-electron chi connectivity index (χ2n) is 6.26. The van der Waals surface area contributed by atoms with Crippen LogP contribution >= 0.6 is 0 Å². The van der Waals surface area contributed by atoms with E-state index in [2.05, 4.69) is 23.8 Å². The Kier molecular flexibility index (Phi) is 7.31. The number of nitrogens with zero attached hydrogens (tertiary/aromatic N) is 3. The second-order valence-corrected chi connectivity index (χ2v) is 6.26. The van der Waals surface area contributed by atoms with Crippen molar-refractivity contribution >= 4 is 16.8 Å². The Labute approximate surface area is 150 Å². The molecule has 0 fully saturated rings. The van der Waals surface area contributed by atoms with E-state index in [4.69, 9.17) is 4.74 Å². The zero-order chi connectivity index (χ0) is 18.1. The van der Waals surface area contributed by atoms with Gasteiger partial charge in [0.1, 0.15) is 5.52 Å². The van der Waals surface area contributed by atoms with Gasteiger partial charge in [-0.05, 0) is 31.6 Å². The summed E-state index contributed by atoms with van der Waals surface area (Å²) in [4.78, 5) is 13.0. The minimum atomic E-state index is -1.28. The minimum Gasteiger partial charge on any atom is -0.344 e. The molecule has 2 aromatic rings. The van der Waals surface area contributed by atoms with E-state index in [0.29, 0.717) is 13.0 Å². The zero-order valence-electron chi connectivity index (χ0n) is 15.4. The number of benzene rings is 1. The zero-order valence-corrected chi connectivity index (χ0v) is 15.4. The lowest BCUT2D eigenvalue weighted by molar-refractivity contribution is -0.151. The number of aromatic nitrogens is 3. The first-order chi connectivity index (χ1) is 12.2. The molecule has 5 heteroatoms. The third kappa shape index (κ3) is 4.34. The summed E-state index contributed by atoms with van der Waals surface area (Å²) in [5.74, 6) is -0.0181. The summed E-state index contributed by atoms with van der Waals surface area (Å²) in [6.07, 6.45) is 8.81. The van der Waals surface area contributed by atoms with Crippen LogP contribution in [-0.2, 0) is 15.3 Å². The summed E-state index contributed by atoms with van der Waals surface area (Å²) in [5, 5.41) is 8.36. The lowest BCUT2D eigenvalue weighted by atomic mass is 10.0. The highest BCUT2D eigenvalue weighted by Gasteiger charge is 2.39. The van der Waals surface area contributed by atoms with Crippen molar-refractivity contribution in [3.8, 4) is 0 Å². The van der Waals surface area contributed by atoms with Crippen LogP contribution in [0.1, 0.15) is 58.8 Å². The molecule has 0 bridgehead atoms. The van der Waals surface area contributed by atoms with Crippen LogP contribution in [0.2, 0.25) is 0 Å². The molecule has 0 amide bonds. The monoisotopic (exact) mass is 343 g/mol. The lowest BCUT2D eigenvalue weighted by Gasteiger charge is -2.29. The Morgan fingerprint density at radius 2 is 1.92 bits per heavy atom.